The van der Waals surface area contributed by atoms with Crippen molar-refractivity contribution >= 4 is 28.7 Å². The van der Waals surface area contributed by atoms with Crippen LogP contribution < -0.4 is 22.5 Å². The molecular weight excluding hydrogens is 557 g/mol. The monoisotopic (exact) mass is 593 g/mol. The number of aromatic amines is 1. The van der Waals surface area contributed by atoms with Gasteiger partial charge in [-0.25, -0.2) is 9.18 Å². The molecule has 11 heteroatoms. The van der Waals surface area contributed by atoms with Crippen molar-refractivity contribution in [3.8, 4) is 16.9 Å². The van der Waals surface area contributed by atoms with E-state index in [1.165, 1.54) is 4.57 Å². The second-order valence-corrected chi connectivity index (χ2v) is 11.5. The summed E-state index contributed by atoms with van der Waals surface area (Å²) < 4.78 is 21.7. The maximum absolute atomic E-state index is 15.1. The number of amidine groups is 1. The Morgan fingerprint density at radius 2 is 2.05 bits per heavy atom. The molecule has 2 aromatic heterocycles. The molecule has 0 bridgehead atoms. The van der Waals surface area contributed by atoms with Gasteiger partial charge in [0.25, 0.3) is 6.02 Å². The van der Waals surface area contributed by atoms with Crippen molar-refractivity contribution in [3.05, 3.63) is 81.1 Å². The number of H-pyrrole nitrogens is 1. The number of ether oxygens (including phenoxy) is 1. The highest BCUT2D eigenvalue weighted by Gasteiger charge is 2.22. The van der Waals surface area contributed by atoms with Crippen molar-refractivity contribution in [3.63, 3.8) is 0 Å². The predicted octanol–water partition coefficient (Wildman–Crippen LogP) is 5.33. The van der Waals surface area contributed by atoms with E-state index >= 15 is 4.39 Å². The number of aryl methyl sites for hydroxylation is 1. The zero-order valence-electron chi connectivity index (χ0n) is 23.6. The zero-order chi connectivity index (χ0) is 29.8. The third kappa shape index (κ3) is 7.00. The van der Waals surface area contributed by atoms with Crippen LogP contribution in [0.1, 0.15) is 62.6 Å². The Labute approximate surface area is 248 Å². The summed E-state index contributed by atoms with van der Waals surface area (Å²) in [6, 6.07) is 13.4. The average Bonchev–Trinajstić information content (AvgIpc) is 3.37. The van der Waals surface area contributed by atoms with E-state index < -0.39 is 11.5 Å². The second-order valence-electron chi connectivity index (χ2n) is 11.1. The number of fused-ring (bicyclic) bond motifs is 1. The lowest BCUT2D eigenvalue weighted by Gasteiger charge is -2.31. The van der Waals surface area contributed by atoms with Crippen molar-refractivity contribution in [1.29, 1.82) is 5.41 Å². The van der Waals surface area contributed by atoms with E-state index in [-0.39, 0.29) is 29.2 Å². The number of halogens is 2. The molecule has 3 atom stereocenters. The number of nitrogens with one attached hydrogen (secondary N) is 3. The highest BCUT2D eigenvalue weighted by Crippen LogP contribution is 2.32. The normalized spacial score (nSPS) is 17.8. The molecule has 9 nitrogen and oxygen atoms in total. The number of hydrogen-bond acceptors (Lipinski definition) is 6. The molecule has 4 aromatic rings. The molecule has 0 spiro atoms. The third-order valence-electron chi connectivity index (χ3n) is 7.79. The predicted molar refractivity (Wildman–Crippen MR) is 165 cm³/mol. The molecule has 2 aromatic carbocycles. The van der Waals surface area contributed by atoms with E-state index in [0.717, 1.165) is 56.1 Å². The van der Waals surface area contributed by atoms with Gasteiger partial charge in [-0.15, -0.1) is 0 Å². The molecule has 1 fully saturated rings. The van der Waals surface area contributed by atoms with Gasteiger partial charge in [0.2, 0.25) is 0 Å². The summed E-state index contributed by atoms with van der Waals surface area (Å²) in [7, 11) is 0. The Kier molecular flexibility index (Phi) is 9.25. The van der Waals surface area contributed by atoms with Crippen molar-refractivity contribution in [2.45, 2.75) is 70.0 Å². The Morgan fingerprint density at radius 1 is 1.26 bits per heavy atom. The Hall–Kier alpha value is -3.73. The molecule has 5 rings (SSSR count). The van der Waals surface area contributed by atoms with Gasteiger partial charge in [0.05, 0.1) is 23.0 Å². The summed E-state index contributed by atoms with van der Waals surface area (Å²) in [4.78, 5) is 20.3. The average molecular weight is 594 g/mol. The van der Waals surface area contributed by atoms with Gasteiger partial charge in [-0.05, 0) is 86.9 Å². The van der Waals surface area contributed by atoms with Gasteiger partial charge in [-0.2, -0.15) is 4.98 Å². The highest BCUT2D eigenvalue weighted by molar-refractivity contribution is 6.31. The van der Waals surface area contributed by atoms with E-state index in [0.29, 0.717) is 34.6 Å². The fourth-order valence-corrected chi connectivity index (χ4v) is 5.87. The number of hydrogen-bond donors (Lipinski definition) is 5. The smallest absolute Gasteiger partial charge is 0.354 e. The summed E-state index contributed by atoms with van der Waals surface area (Å²) in [6.07, 6.45) is 8.11. The van der Waals surface area contributed by atoms with Gasteiger partial charge in [0.1, 0.15) is 5.65 Å². The van der Waals surface area contributed by atoms with Crippen LogP contribution in [-0.4, -0.2) is 39.2 Å². The van der Waals surface area contributed by atoms with Crippen LogP contribution in [0.15, 0.2) is 53.5 Å². The first kappa shape index (κ1) is 29.8. The van der Waals surface area contributed by atoms with Gasteiger partial charge in [-0.1, -0.05) is 30.2 Å². The molecule has 222 valence electrons. The fourth-order valence-electron chi connectivity index (χ4n) is 5.63. The van der Waals surface area contributed by atoms with Crippen molar-refractivity contribution < 1.29 is 9.13 Å². The minimum absolute atomic E-state index is 0.0535. The number of benzene rings is 2. The van der Waals surface area contributed by atoms with Crippen LogP contribution in [0.2, 0.25) is 5.02 Å². The second kappa shape index (κ2) is 13.1. The summed E-state index contributed by atoms with van der Waals surface area (Å²) in [6.45, 7) is 2.38. The molecule has 0 unspecified atom stereocenters. The van der Waals surface area contributed by atoms with E-state index in [2.05, 4.69) is 15.3 Å². The summed E-state index contributed by atoms with van der Waals surface area (Å²) in [5, 5.41) is 11.6. The molecule has 3 heterocycles. The molecule has 1 aliphatic rings. The molecule has 0 aliphatic carbocycles. The first-order chi connectivity index (χ1) is 20.2. The van der Waals surface area contributed by atoms with Gasteiger partial charge in [-0.3, -0.25) is 9.98 Å². The van der Waals surface area contributed by atoms with Gasteiger partial charge in [0.15, 0.2) is 5.82 Å². The quantitative estimate of drug-likeness (QED) is 0.124. The van der Waals surface area contributed by atoms with Crippen LogP contribution in [0.4, 0.5) is 4.39 Å². The van der Waals surface area contributed by atoms with Crippen LogP contribution in [0.25, 0.3) is 28.0 Å². The van der Waals surface area contributed by atoms with Crippen molar-refractivity contribution in [2.75, 3.05) is 6.61 Å². The van der Waals surface area contributed by atoms with E-state index in [1.54, 1.807) is 24.4 Å². The standard InChI is InChI=1S/C31H37ClFN7O2/c1-18(34)4-2-5-19-14-24(28(33)25(32)15-19)27-16-21-17-40(31(41)39-29(21)38-27)23-10-8-20(9-11-23)26-7-3-6-22(37-26)12-13-42-30(35)36/h8-11,14-18,22,26,37H,2-7,12-13,34H2,1H3,(H3,35,36)(H,38,39,41)/t18-,22-,26-/m0/s1. The minimum Gasteiger partial charge on any atom is -0.466 e. The molecule has 1 saturated heterocycles. The molecule has 0 saturated carbocycles. The number of nitrogens with zero attached hydrogens (tertiary/aromatic N) is 2. The molecular formula is C31H37ClFN7O2. The van der Waals surface area contributed by atoms with Crippen LogP contribution in [0.5, 0.6) is 0 Å². The number of rotatable bonds is 10. The van der Waals surface area contributed by atoms with Crippen molar-refractivity contribution in [1.82, 2.24) is 19.9 Å². The Balaban J connectivity index is 1.35. The first-order valence-corrected chi connectivity index (χ1v) is 14.7. The topological polar surface area (TPSA) is 148 Å². The summed E-state index contributed by atoms with van der Waals surface area (Å²) in [5.74, 6) is -0.519. The van der Waals surface area contributed by atoms with E-state index in [9.17, 15) is 4.79 Å². The van der Waals surface area contributed by atoms with Crippen LogP contribution in [0.3, 0.4) is 0 Å². The number of nitrogens with two attached hydrogens (primary N) is 2. The largest absolute Gasteiger partial charge is 0.466 e. The zero-order valence-corrected chi connectivity index (χ0v) is 24.4. The molecule has 0 amide bonds. The van der Waals surface area contributed by atoms with Gasteiger partial charge < -0.3 is 26.5 Å². The lowest BCUT2D eigenvalue weighted by atomic mass is 9.92. The lowest BCUT2D eigenvalue weighted by molar-refractivity contribution is 0.235. The number of piperidine rings is 1. The van der Waals surface area contributed by atoms with Crippen molar-refractivity contribution in [2.24, 2.45) is 11.5 Å². The fraction of sp³-hybridized carbons (Fsp3) is 0.387. The van der Waals surface area contributed by atoms with Crippen LogP contribution >= 0.6 is 11.6 Å². The maximum atomic E-state index is 15.1. The Morgan fingerprint density at radius 3 is 2.79 bits per heavy atom. The number of aromatic nitrogens is 3. The SMILES string of the molecule is C[C@H](N)CCCc1cc(Cl)c(F)c(-c2cc3cn(-c4ccc([C@@H]5CCC[C@@H](CCOC(=N)N)N5)cc4)c(=O)nc3[nH]2)c1. The third-order valence-corrected chi connectivity index (χ3v) is 8.07. The molecule has 42 heavy (non-hydrogen) atoms. The summed E-state index contributed by atoms with van der Waals surface area (Å²) in [5.41, 5.74) is 14.7. The van der Waals surface area contributed by atoms with E-state index in [1.807, 2.05) is 31.2 Å². The minimum atomic E-state index is -0.519. The highest BCUT2D eigenvalue weighted by atomic mass is 35.5. The first-order valence-electron chi connectivity index (χ1n) is 14.4. The van der Waals surface area contributed by atoms with E-state index in [4.69, 9.17) is 33.2 Å². The van der Waals surface area contributed by atoms with Crippen LogP contribution in [0, 0.1) is 11.2 Å². The summed E-state index contributed by atoms with van der Waals surface area (Å²) >= 11 is 6.24. The van der Waals surface area contributed by atoms with Gasteiger partial charge in [0, 0.05) is 35.3 Å². The Bertz CT molecular complexity index is 1620. The lowest BCUT2D eigenvalue weighted by Crippen LogP contribution is -2.38. The maximum Gasteiger partial charge on any atom is 0.354 e. The molecule has 7 N–H and O–H groups in total. The molecule has 0 radical (unpaired) electrons. The van der Waals surface area contributed by atoms with Gasteiger partial charge >= 0.3 is 5.69 Å². The van der Waals surface area contributed by atoms with Crippen LogP contribution in [-0.2, 0) is 11.2 Å². The molecule has 1 aliphatic heterocycles.